The van der Waals surface area contributed by atoms with Crippen LogP contribution in [0, 0.1) is 0 Å². The summed E-state index contributed by atoms with van der Waals surface area (Å²) in [5, 5.41) is 0.348. The number of carbonyl (C=O) groups excluding carboxylic acids is 2. The van der Waals surface area contributed by atoms with Crippen LogP contribution in [0.2, 0.25) is 5.15 Å². The van der Waals surface area contributed by atoms with Crippen molar-refractivity contribution in [3.05, 3.63) is 65.5 Å². The van der Waals surface area contributed by atoms with Gasteiger partial charge in [-0.05, 0) is 24.3 Å². The number of imidazole rings is 1. The third-order valence-corrected chi connectivity index (χ3v) is 4.83. The lowest BCUT2D eigenvalue weighted by molar-refractivity contribution is -0.127. The molecule has 1 aliphatic rings. The van der Waals surface area contributed by atoms with E-state index in [2.05, 4.69) is 4.98 Å². The standard InChI is InChI=1S/C19H17ClN4O3/c20-18-15(24-7-2-1-3-16(24)21-18)4-5-17(25)22-8-10-23(11-9-22)19(26)14-6-12-27-13-14/h1-7,12-13H,8-11H2/b5-4+. The van der Waals surface area contributed by atoms with Gasteiger partial charge >= 0.3 is 0 Å². The minimum atomic E-state index is -0.118. The van der Waals surface area contributed by atoms with Crippen LogP contribution < -0.4 is 0 Å². The Labute approximate surface area is 160 Å². The molecule has 1 fully saturated rings. The molecule has 27 heavy (non-hydrogen) atoms. The van der Waals surface area contributed by atoms with E-state index in [4.69, 9.17) is 16.0 Å². The van der Waals surface area contributed by atoms with Gasteiger partial charge in [-0.3, -0.25) is 14.0 Å². The average Bonchev–Trinajstić information content (AvgIpc) is 3.33. The number of hydrogen-bond donors (Lipinski definition) is 0. The van der Waals surface area contributed by atoms with Crippen molar-refractivity contribution in [3.63, 3.8) is 0 Å². The highest BCUT2D eigenvalue weighted by Crippen LogP contribution is 2.19. The van der Waals surface area contributed by atoms with Crippen LogP contribution in [-0.4, -0.2) is 57.2 Å². The van der Waals surface area contributed by atoms with Gasteiger partial charge in [-0.1, -0.05) is 17.7 Å². The topological polar surface area (TPSA) is 71.1 Å². The van der Waals surface area contributed by atoms with Gasteiger partial charge in [0, 0.05) is 38.5 Å². The molecule has 0 aromatic carbocycles. The maximum atomic E-state index is 12.5. The molecule has 0 atom stereocenters. The molecule has 4 heterocycles. The summed E-state index contributed by atoms with van der Waals surface area (Å²) in [7, 11) is 0. The maximum absolute atomic E-state index is 12.5. The van der Waals surface area contributed by atoms with Crippen molar-refractivity contribution in [1.82, 2.24) is 19.2 Å². The Kier molecular flexibility index (Phi) is 4.68. The van der Waals surface area contributed by atoms with Crippen LogP contribution in [-0.2, 0) is 4.79 Å². The highest BCUT2D eigenvalue weighted by molar-refractivity contribution is 6.31. The van der Waals surface area contributed by atoms with E-state index in [1.54, 1.807) is 21.9 Å². The Hall–Kier alpha value is -3.06. The molecule has 0 saturated carbocycles. The van der Waals surface area contributed by atoms with Crippen LogP contribution in [0.15, 0.2) is 53.5 Å². The average molecular weight is 385 g/mol. The molecule has 0 spiro atoms. The normalized spacial score (nSPS) is 15.0. The van der Waals surface area contributed by atoms with Gasteiger partial charge in [0.15, 0.2) is 5.15 Å². The van der Waals surface area contributed by atoms with Crippen LogP contribution in [0.25, 0.3) is 11.7 Å². The summed E-state index contributed by atoms with van der Waals surface area (Å²) in [4.78, 5) is 32.5. The molecule has 8 heteroatoms. The number of pyridine rings is 1. The number of nitrogens with zero attached hydrogens (tertiary/aromatic N) is 4. The predicted octanol–water partition coefficient (Wildman–Crippen LogP) is 2.58. The second-order valence-electron chi connectivity index (χ2n) is 6.18. The SMILES string of the molecule is O=C(/C=C/c1c(Cl)nc2ccccn12)N1CCN(C(=O)c2ccoc2)CC1. The molecule has 2 amide bonds. The Bertz CT molecular complexity index is 1000. The Morgan fingerprint density at radius 1 is 1.11 bits per heavy atom. The highest BCUT2D eigenvalue weighted by Gasteiger charge is 2.24. The van der Waals surface area contributed by atoms with Gasteiger partial charge in [0.1, 0.15) is 11.9 Å². The summed E-state index contributed by atoms with van der Waals surface area (Å²) in [6, 6.07) is 7.24. The Balaban J connectivity index is 1.40. The second kappa shape index (κ2) is 7.28. The molecular weight excluding hydrogens is 368 g/mol. The maximum Gasteiger partial charge on any atom is 0.257 e. The molecule has 0 N–H and O–H groups in total. The largest absolute Gasteiger partial charge is 0.472 e. The fourth-order valence-electron chi connectivity index (χ4n) is 3.09. The summed E-state index contributed by atoms with van der Waals surface area (Å²) in [6.07, 6.45) is 7.92. The minimum Gasteiger partial charge on any atom is -0.472 e. The number of rotatable bonds is 3. The van der Waals surface area contributed by atoms with Crippen LogP contribution in [0.3, 0.4) is 0 Å². The number of piperazine rings is 1. The van der Waals surface area contributed by atoms with E-state index in [1.807, 2.05) is 28.8 Å². The van der Waals surface area contributed by atoms with Crippen molar-refractivity contribution in [1.29, 1.82) is 0 Å². The lowest BCUT2D eigenvalue weighted by Gasteiger charge is -2.34. The first-order valence-corrected chi connectivity index (χ1v) is 8.92. The zero-order valence-corrected chi connectivity index (χ0v) is 15.2. The summed E-state index contributed by atoms with van der Waals surface area (Å²) < 4.78 is 6.78. The molecular formula is C19H17ClN4O3. The number of aromatic nitrogens is 2. The molecule has 4 rings (SSSR count). The smallest absolute Gasteiger partial charge is 0.257 e. The van der Waals surface area contributed by atoms with Gasteiger partial charge in [-0.2, -0.15) is 0 Å². The lowest BCUT2D eigenvalue weighted by atomic mass is 10.2. The number of halogens is 1. The molecule has 1 aliphatic heterocycles. The molecule has 0 unspecified atom stereocenters. The predicted molar refractivity (Wildman–Crippen MR) is 100 cm³/mol. The molecule has 138 valence electrons. The van der Waals surface area contributed by atoms with Gasteiger partial charge in [-0.15, -0.1) is 0 Å². The first kappa shape index (κ1) is 17.4. The van der Waals surface area contributed by atoms with Gasteiger partial charge < -0.3 is 14.2 Å². The number of furan rings is 1. The summed E-state index contributed by atoms with van der Waals surface area (Å²) >= 11 is 6.18. The van der Waals surface area contributed by atoms with Crippen LogP contribution >= 0.6 is 11.6 Å². The van der Waals surface area contributed by atoms with Crippen molar-refractivity contribution >= 4 is 35.1 Å². The minimum absolute atomic E-state index is 0.0797. The van der Waals surface area contributed by atoms with E-state index >= 15 is 0 Å². The fourth-order valence-corrected chi connectivity index (χ4v) is 3.33. The molecule has 7 nitrogen and oxygen atoms in total. The highest BCUT2D eigenvalue weighted by atomic mass is 35.5. The quantitative estimate of drug-likeness (QED) is 0.651. The molecule has 0 aliphatic carbocycles. The van der Waals surface area contributed by atoms with Gasteiger partial charge in [0.2, 0.25) is 5.91 Å². The van der Waals surface area contributed by atoms with Crippen LogP contribution in [0.1, 0.15) is 16.1 Å². The summed E-state index contributed by atoms with van der Waals surface area (Å²) in [5.74, 6) is -0.198. The third-order valence-electron chi connectivity index (χ3n) is 4.55. The zero-order valence-electron chi connectivity index (χ0n) is 14.4. The van der Waals surface area contributed by atoms with Gasteiger partial charge in [0.05, 0.1) is 17.5 Å². The number of amides is 2. The van der Waals surface area contributed by atoms with Gasteiger partial charge in [0.25, 0.3) is 5.91 Å². The van der Waals surface area contributed by atoms with Crippen molar-refractivity contribution in [2.75, 3.05) is 26.2 Å². The first-order valence-electron chi connectivity index (χ1n) is 8.54. The summed E-state index contributed by atoms with van der Waals surface area (Å²) in [5.41, 5.74) is 1.91. The van der Waals surface area contributed by atoms with E-state index in [0.717, 1.165) is 5.65 Å². The second-order valence-corrected chi connectivity index (χ2v) is 6.54. The van der Waals surface area contributed by atoms with Crippen LogP contribution in [0.4, 0.5) is 0 Å². The number of carbonyl (C=O) groups is 2. The van der Waals surface area contributed by atoms with Crippen molar-refractivity contribution < 1.29 is 14.0 Å². The lowest BCUT2D eigenvalue weighted by Crippen LogP contribution is -2.50. The monoisotopic (exact) mass is 384 g/mol. The number of fused-ring (bicyclic) bond motifs is 1. The van der Waals surface area contributed by atoms with E-state index in [-0.39, 0.29) is 11.8 Å². The molecule has 3 aromatic heterocycles. The third kappa shape index (κ3) is 3.46. The zero-order chi connectivity index (χ0) is 18.8. The van der Waals surface area contributed by atoms with Crippen molar-refractivity contribution in [3.8, 4) is 0 Å². The fraction of sp³-hybridized carbons (Fsp3) is 0.211. The van der Waals surface area contributed by atoms with Gasteiger partial charge in [-0.25, -0.2) is 4.98 Å². The van der Waals surface area contributed by atoms with Crippen LogP contribution in [0.5, 0.6) is 0 Å². The van der Waals surface area contributed by atoms with E-state index in [0.29, 0.717) is 42.6 Å². The van der Waals surface area contributed by atoms with Crippen molar-refractivity contribution in [2.24, 2.45) is 0 Å². The molecule has 1 saturated heterocycles. The molecule has 3 aromatic rings. The molecule has 0 bridgehead atoms. The van der Waals surface area contributed by atoms with E-state index < -0.39 is 0 Å². The first-order chi connectivity index (χ1) is 13.1. The van der Waals surface area contributed by atoms with E-state index in [1.165, 1.54) is 18.6 Å². The summed E-state index contributed by atoms with van der Waals surface area (Å²) in [6.45, 7) is 1.93. The Morgan fingerprint density at radius 2 is 1.89 bits per heavy atom. The number of hydrogen-bond acceptors (Lipinski definition) is 4. The van der Waals surface area contributed by atoms with Crippen molar-refractivity contribution in [2.45, 2.75) is 0 Å². The molecule has 0 radical (unpaired) electrons. The van der Waals surface area contributed by atoms with E-state index in [9.17, 15) is 9.59 Å². The Morgan fingerprint density at radius 3 is 2.63 bits per heavy atom.